The first-order chi connectivity index (χ1) is 10.1. The summed E-state index contributed by atoms with van der Waals surface area (Å²) in [7, 11) is 0. The lowest BCUT2D eigenvalue weighted by atomic mass is 10.1. The van der Waals surface area contributed by atoms with Gasteiger partial charge in [-0.25, -0.2) is 0 Å². The number of carbonyl (C=O) groups is 1. The number of hydrogen-bond donors (Lipinski definition) is 2. The highest BCUT2D eigenvalue weighted by Gasteiger charge is 2.05. The lowest BCUT2D eigenvalue weighted by molar-refractivity contribution is -0.121. The Bertz CT molecular complexity index is 759. The molecule has 3 N–H and O–H groups in total. The molecule has 1 aromatic heterocycles. The summed E-state index contributed by atoms with van der Waals surface area (Å²) in [5.74, 6) is -0.301. The van der Waals surface area contributed by atoms with E-state index in [1.54, 1.807) is 18.2 Å². The average molecular weight is 282 g/mol. The lowest BCUT2D eigenvalue weighted by Gasteiger charge is -2.08. The second kappa shape index (κ2) is 6.39. The molecule has 6 nitrogen and oxygen atoms in total. The van der Waals surface area contributed by atoms with Crippen molar-refractivity contribution >= 4 is 11.6 Å². The van der Waals surface area contributed by atoms with Crippen LogP contribution in [0.4, 0.5) is 5.69 Å². The van der Waals surface area contributed by atoms with Crippen LogP contribution in [0.1, 0.15) is 11.1 Å². The summed E-state index contributed by atoms with van der Waals surface area (Å²) in [5, 5.41) is 11.5. The summed E-state index contributed by atoms with van der Waals surface area (Å²) in [6, 6.07) is 11.8. The molecular formula is C15H14N4O2. The van der Waals surface area contributed by atoms with E-state index in [1.165, 1.54) is 22.9 Å². The molecule has 2 aromatic rings. The van der Waals surface area contributed by atoms with Crippen molar-refractivity contribution in [3.63, 3.8) is 0 Å². The maximum Gasteiger partial charge on any atom is 0.251 e. The zero-order valence-electron chi connectivity index (χ0n) is 11.2. The SMILES string of the molecule is N#Cc1cccc(CNC(=O)Cn2cc(N)ccc2=O)c1. The minimum absolute atomic E-state index is 0.0954. The Balaban J connectivity index is 1.97. The molecule has 0 atom stereocenters. The van der Waals surface area contributed by atoms with Gasteiger partial charge in [-0.2, -0.15) is 5.26 Å². The van der Waals surface area contributed by atoms with E-state index in [0.717, 1.165) is 5.56 Å². The zero-order valence-corrected chi connectivity index (χ0v) is 11.2. The van der Waals surface area contributed by atoms with E-state index in [-0.39, 0.29) is 18.0 Å². The van der Waals surface area contributed by atoms with E-state index < -0.39 is 0 Å². The molecule has 0 bridgehead atoms. The fourth-order valence-corrected chi connectivity index (χ4v) is 1.84. The number of nitrogens with two attached hydrogens (primary N) is 1. The van der Waals surface area contributed by atoms with Crippen LogP contribution in [0.25, 0.3) is 0 Å². The van der Waals surface area contributed by atoms with Crippen LogP contribution >= 0.6 is 0 Å². The molecule has 106 valence electrons. The first kappa shape index (κ1) is 14.3. The second-order valence-electron chi connectivity index (χ2n) is 4.52. The number of benzene rings is 1. The van der Waals surface area contributed by atoms with Crippen molar-refractivity contribution in [2.75, 3.05) is 5.73 Å². The number of nitrogens with one attached hydrogen (secondary N) is 1. The van der Waals surface area contributed by atoms with Crippen molar-refractivity contribution in [3.05, 3.63) is 64.1 Å². The van der Waals surface area contributed by atoms with Gasteiger partial charge in [-0.1, -0.05) is 12.1 Å². The van der Waals surface area contributed by atoms with Crippen LogP contribution < -0.4 is 16.6 Å². The third kappa shape index (κ3) is 3.94. The van der Waals surface area contributed by atoms with Crippen molar-refractivity contribution in [1.29, 1.82) is 5.26 Å². The number of pyridine rings is 1. The third-order valence-electron chi connectivity index (χ3n) is 2.87. The summed E-state index contributed by atoms with van der Waals surface area (Å²) in [6.45, 7) is 0.202. The molecule has 1 aromatic carbocycles. The summed E-state index contributed by atoms with van der Waals surface area (Å²) in [4.78, 5) is 23.4. The van der Waals surface area contributed by atoms with Gasteiger partial charge in [0.25, 0.3) is 5.56 Å². The van der Waals surface area contributed by atoms with E-state index in [1.807, 2.05) is 12.1 Å². The number of carbonyl (C=O) groups excluding carboxylic acids is 1. The quantitative estimate of drug-likeness (QED) is 0.858. The molecule has 0 fully saturated rings. The van der Waals surface area contributed by atoms with Crippen LogP contribution in [0.15, 0.2) is 47.4 Å². The van der Waals surface area contributed by atoms with E-state index in [4.69, 9.17) is 11.0 Å². The molecule has 1 heterocycles. The largest absolute Gasteiger partial charge is 0.398 e. The second-order valence-corrected chi connectivity index (χ2v) is 4.52. The highest BCUT2D eigenvalue weighted by atomic mass is 16.2. The highest BCUT2D eigenvalue weighted by molar-refractivity contribution is 5.75. The molecule has 0 saturated heterocycles. The van der Waals surface area contributed by atoms with E-state index in [2.05, 4.69) is 5.32 Å². The first-order valence-corrected chi connectivity index (χ1v) is 6.30. The number of amides is 1. The Morgan fingerprint density at radius 3 is 2.90 bits per heavy atom. The summed E-state index contributed by atoms with van der Waals surface area (Å²) < 4.78 is 1.25. The predicted molar refractivity (Wildman–Crippen MR) is 78.1 cm³/mol. The van der Waals surface area contributed by atoms with Gasteiger partial charge in [-0.15, -0.1) is 0 Å². The Morgan fingerprint density at radius 2 is 2.14 bits per heavy atom. The number of rotatable bonds is 4. The van der Waals surface area contributed by atoms with E-state index >= 15 is 0 Å². The maximum atomic E-state index is 11.8. The highest BCUT2D eigenvalue weighted by Crippen LogP contribution is 2.03. The first-order valence-electron chi connectivity index (χ1n) is 6.30. The van der Waals surface area contributed by atoms with Crippen LogP contribution in [-0.4, -0.2) is 10.5 Å². The number of aromatic nitrogens is 1. The van der Waals surface area contributed by atoms with Gasteiger partial charge in [0.1, 0.15) is 6.54 Å². The number of hydrogen-bond acceptors (Lipinski definition) is 4. The van der Waals surface area contributed by atoms with Gasteiger partial charge in [0, 0.05) is 24.5 Å². The smallest absolute Gasteiger partial charge is 0.251 e. The van der Waals surface area contributed by atoms with Gasteiger partial charge in [-0.3, -0.25) is 9.59 Å². The molecule has 6 heteroatoms. The number of nitriles is 1. The Labute approximate surface area is 121 Å². The number of nitrogens with zero attached hydrogens (tertiary/aromatic N) is 2. The molecule has 0 aliphatic rings. The zero-order chi connectivity index (χ0) is 15.2. The molecule has 0 saturated carbocycles. The van der Waals surface area contributed by atoms with Gasteiger partial charge >= 0.3 is 0 Å². The van der Waals surface area contributed by atoms with Crippen LogP contribution in [0, 0.1) is 11.3 Å². The van der Waals surface area contributed by atoms with Crippen molar-refractivity contribution in [2.45, 2.75) is 13.1 Å². The lowest BCUT2D eigenvalue weighted by Crippen LogP contribution is -2.31. The summed E-state index contributed by atoms with van der Waals surface area (Å²) >= 11 is 0. The Kier molecular flexibility index (Phi) is 4.36. The molecule has 0 aliphatic heterocycles. The summed E-state index contributed by atoms with van der Waals surface area (Å²) in [6.07, 6.45) is 1.43. The molecular weight excluding hydrogens is 268 g/mol. The van der Waals surface area contributed by atoms with Crippen LogP contribution in [-0.2, 0) is 17.9 Å². The molecule has 1 amide bonds. The van der Waals surface area contributed by atoms with Gasteiger partial charge in [0.05, 0.1) is 11.6 Å². The fraction of sp³-hybridized carbons (Fsp3) is 0.133. The molecule has 0 radical (unpaired) electrons. The average Bonchev–Trinajstić information content (AvgIpc) is 2.49. The number of anilines is 1. The monoisotopic (exact) mass is 282 g/mol. The van der Waals surface area contributed by atoms with Crippen molar-refractivity contribution < 1.29 is 4.79 Å². The Hall–Kier alpha value is -3.07. The fourth-order valence-electron chi connectivity index (χ4n) is 1.84. The van der Waals surface area contributed by atoms with Gasteiger partial charge in [0.15, 0.2) is 0 Å². The minimum Gasteiger partial charge on any atom is -0.398 e. The normalized spacial score (nSPS) is 9.86. The molecule has 0 unspecified atom stereocenters. The van der Waals surface area contributed by atoms with Gasteiger partial charge in [0.2, 0.25) is 5.91 Å². The van der Waals surface area contributed by atoms with Crippen molar-refractivity contribution in [1.82, 2.24) is 9.88 Å². The minimum atomic E-state index is -0.301. The van der Waals surface area contributed by atoms with Crippen LogP contribution in [0.5, 0.6) is 0 Å². The van der Waals surface area contributed by atoms with E-state index in [0.29, 0.717) is 17.8 Å². The maximum absolute atomic E-state index is 11.8. The van der Waals surface area contributed by atoms with Crippen LogP contribution in [0.2, 0.25) is 0 Å². The van der Waals surface area contributed by atoms with Crippen LogP contribution in [0.3, 0.4) is 0 Å². The van der Waals surface area contributed by atoms with Gasteiger partial charge in [-0.05, 0) is 23.8 Å². The molecule has 21 heavy (non-hydrogen) atoms. The van der Waals surface area contributed by atoms with Crippen molar-refractivity contribution in [3.8, 4) is 6.07 Å². The molecule has 0 aliphatic carbocycles. The van der Waals surface area contributed by atoms with E-state index in [9.17, 15) is 9.59 Å². The Morgan fingerprint density at radius 1 is 1.33 bits per heavy atom. The number of nitrogen functional groups attached to an aromatic ring is 1. The van der Waals surface area contributed by atoms with Crippen molar-refractivity contribution in [2.24, 2.45) is 0 Å². The topological polar surface area (TPSA) is 101 Å². The summed E-state index contributed by atoms with van der Waals surface area (Å²) in [5.41, 5.74) is 7.07. The van der Waals surface area contributed by atoms with Gasteiger partial charge < -0.3 is 15.6 Å². The standard InChI is InChI=1S/C15H14N4O2/c16-7-11-2-1-3-12(6-11)8-18-14(20)10-19-9-13(17)4-5-15(19)21/h1-6,9H,8,10,17H2,(H,18,20). The predicted octanol–water partition coefficient (Wildman–Crippen LogP) is 0.619. The third-order valence-corrected chi connectivity index (χ3v) is 2.87. The molecule has 0 spiro atoms. The molecule has 2 rings (SSSR count).